The quantitative estimate of drug-likeness (QED) is 0.782. The summed E-state index contributed by atoms with van der Waals surface area (Å²) in [4.78, 5) is 11.5. The molecule has 2 aliphatic rings. The zero-order valence-corrected chi connectivity index (χ0v) is 11.4. The van der Waals surface area contributed by atoms with E-state index in [1.54, 1.807) is 0 Å². The van der Waals surface area contributed by atoms with Crippen molar-refractivity contribution in [3.8, 4) is 0 Å². The van der Waals surface area contributed by atoms with Gasteiger partial charge < -0.3 is 9.30 Å². The Morgan fingerprint density at radius 3 is 2.67 bits per heavy atom. The topological polar surface area (TPSA) is 57.0 Å². The molecule has 0 radical (unpaired) electrons. The van der Waals surface area contributed by atoms with Crippen molar-refractivity contribution in [3.05, 3.63) is 5.82 Å². The first-order valence-corrected chi connectivity index (χ1v) is 7.33. The van der Waals surface area contributed by atoms with Gasteiger partial charge in [0.2, 0.25) is 0 Å². The van der Waals surface area contributed by atoms with Gasteiger partial charge in [0.1, 0.15) is 11.1 Å². The fourth-order valence-corrected chi connectivity index (χ4v) is 3.23. The van der Waals surface area contributed by atoms with Gasteiger partial charge in [-0.1, -0.05) is 25.6 Å². The molecule has 1 aromatic heterocycles. The average Bonchev–Trinajstić information content (AvgIpc) is 2.96. The van der Waals surface area contributed by atoms with E-state index in [1.165, 1.54) is 24.6 Å². The molecule has 1 aromatic rings. The van der Waals surface area contributed by atoms with Crippen molar-refractivity contribution < 1.29 is 9.53 Å². The lowest BCUT2D eigenvalue weighted by Crippen LogP contribution is -2.12. The van der Waals surface area contributed by atoms with Gasteiger partial charge >= 0.3 is 5.97 Å². The second-order valence-electron chi connectivity index (χ2n) is 5.16. The molecule has 1 aliphatic carbocycles. The fourth-order valence-electron chi connectivity index (χ4n) is 2.15. The predicted octanol–water partition coefficient (Wildman–Crippen LogP) is 2.14. The first-order valence-electron chi connectivity index (χ1n) is 6.45. The SMILES string of the molecule is CC(C)c1nnc(SC2CCOC2=O)n1C1CC1. The molecule has 1 unspecified atom stereocenters. The number of cyclic esters (lactones) is 1. The largest absolute Gasteiger partial charge is 0.465 e. The zero-order chi connectivity index (χ0) is 12.7. The Hall–Kier alpha value is -1.04. The monoisotopic (exact) mass is 267 g/mol. The van der Waals surface area contributed by atoms with Gasteiger partial charge in [0, 0.05) is 18.4 Å². The summed E-state index contributed by atoms with van der Waals surface area (Å²) in [5.74, 6) is 1.28. The van der Waals surface area contributed by atoms with Crippen LogP contribution < -0.4 is 0 Å². The second-order valence-corrected chi connectivity index (χ2v) is 6.33. The maximum Gasteiger partial charge on any atom is 0.319 e. The van der Waals surface area contributed by atoms with Gasteiger partial charge in [-0.15, -0.1) is 10.2 Å². The van der Waals surface area contributed by atoms with E-state index in [4.69, 9.17) is 4.74 Å². The molecule has 1 saturated heterocycles. The highest BCUT2D eigenvalue weighted by atomic mass is 32.2. The number of rotatable bonds is 4. The Morgan fingerprint density at radius 1 is 1.33 bits per heavy atom. The van der Waals surface area contributed by atoms with Crippen LogP contribution in [0.1, 0.15) is 50.9 Å². The summed E-state index contributed by atoms with van der Waals surface area (Å²) in [6.45, 7) is 4.79. The van der Waals surface area contributed by atoms with Gasteiger partial charge in [-0.2, -0.15) is 0 Å². The van der Waals surface area contributed by atoms with Crippen molar-refractivity contribution in [1.82, 2.24) is 14.8 Å². The van der Waals surface area contributed by atoms with Crippen molar-refractivity contribution in [2.45, 2.75) is 55.5 Å². The highest BCUT2D eigenvalue weighted by Crippen LogP contribution is 2.41. The van der Waals surface area contributed by atoms with E-state index >= 15 is 0 Å². The van der Waals surface area contributed by atoms with Gasteiger partial charge in [-0.25, -0.2) is 0 Å². The molecule has 0 N–H and O–H groups in total. The van der Waals surface area contributed by atoms with Gasteiger partial charge in [0.25, 0.3) is 0 Å². The Morgan fingerprint density at radius 2 is 2.11 bits per heavy atom. The maximum absolute atomic E-state index is 11.5. The predicted molar refractivity (Wildman–Crippen MR) is 67.6 cm³/mol. The van der Waals surface area contributed by atoms with Crippen molar-refractivity contribution in [2.24, 2.45) is 0 Å². The molecule has 1 aliphatic heterocycles. The number of hydrogen-bond acceptors (Lipinski definition) is 5. The highest BCUT2D eigenvalue weighted by molar-refractivity contribution is 8.00. The Balaban J connectivity index is 1.85. The lowest BCUT2D eigenvalue weighted by atomic mass is 10.2. The lowest BCUT2D eigenvalue weighted by molar-refractivity contribution is -0.137. The van der Waals surface area contributed by atoms with E-state index in [2.05, 4.69) is 28.6 Å². The summed E-state index contributed by atoms with van der Waals surface area (Å²) in [6.07, 6.45) is 3.17. The summed E-state index contributed by atoms with van der Waals surface area (Å²) in [5, 5.41) is 9.32. The van der Waals surface area contributed by atoms with Crippen LogP contribution in [0, 0.1) is 0 Å². The van der Waals surface area contributed by atoms with Gasteiger partial charge in [-0.3, -0.25) is 4.79 Å². The molecule has 0 spiro atoms. The molecule has 1 atom stereocenters. The van der Waals surface area contributed by atoms with Crippen LogP contribution in [0.5, 0.6) is 0 Å². The smallest absolute Gasteiger partial charge is 0.319 e. The average molecular weight is 267 g/mol. The Bertz CT molecular complexity index is 468. The molecular formula is C12H17N3O2S. The number of aromatic nitrogens is 3. The molecule has 1 saturated carbocycles. The van der Waals surface area contributed by atoms with Crippen LogP contribution in [0.25, 0.3) is 0 Å². The summed E-state index contributed by atoms with van der Waals surface area (Å²) < 4.78 is 7.21. The number of ether oxygens (including phenoxy) is 1. The first-order chi connectivity index (χ1) is 8.66. The van der Waals surface area contributed by atoms with Gasteiger partial charge in [0.15, 0.2) is 5.16 Å². The third kappa shape index (κ3) is 2.13. The summed E-state index contributed by atoms with van der Waals surface area (Å²) >= 11 is 1.51. The molecule has 18 heavy (non-hydrogen) atoms. The van der Waals surface area contributed by atoms with Crippen LogP contribution in [-0.4, -0.2) is 32.6 Å². The lowest BCUT2D eigenvalue weighted by Gasteiger charge is -2.11. The normalized spacial score (nSPS) is 23.7. The van der Waals surface area contributed by atoms with Crippen LogP contribution in [0.4, 0.5) is 0 Å². The number of carbonyl (C=O) groups is 1. The standard InChI is InChI=1S/C12H17N3O2S/c1-7(2)10-13-14-12(15(10)8-3-4-8)18-9-5-6-17-11(9)16/h7-9H,3-6H2,1-2H3. The minimum absolute atomic E-state index is 0.105. The van der Waals surface area contributed by atoms with E-state index in [0.29, 0.717) is 18.6 Å². The molecule has 6 heteroatoms. The molecule has 2 fully saturated rings. The number of esters is 1. The molecule has 5 nitrogen and oxygen atoms in total. The van der Waals surface area contributed by atoms with Crippen molar-refractivity contribution in [1.29, 1.82) is 0 Å². The van der Waals surface area contributed by atoms with Crippen molar-refractivity contribution in [3.63, 3.8) is 0 Å². The van der Waals surface area contributed by atoms with E-state index < -0.39 is 0 Å². The second kappa shape index (κ2) is 4.57. The number of hydrogen-bond donors (Lipinski definition) is 0. The molecular weight excluding hydrogens is 250 g/mol. The van der Waals surface area contributed by atoms with Crippen LogP contribution >= 0.6 is 11.8 Å². The Kier molecular flexibility index (Phi) is 3.05. The van der Waals surface area contributed by atoms with Crippen LogP contribution in [0.15, 0.2) is 5.16 Å². The minimum Gasteiger partial charge on any atom is -0.465 e. The van der Waals surface area contributed by atoms with Crippen LogP contribution in [0.3, 0.4) is 0 Å². The van der Waals surface area contributed by atoms with Gasteiger partial charge in [-0.05, 0) is 12.8 Å². The first kappa shape index (κ1) is 12.0. The maximum atomic E-state index is 11.5. The number of thioether (sulfide) groups is 1. The minimum atomic E-state index is -0.114. The van der Waals surface area contributed by atoms with E-state index in [9.17, 15) is 4.79 Å². The molecule has 0 bridgehead atoms. The zero-order valence-electron chi connectivity index (χ0n) is 10.6. The van der Waals surface area contributed by atoms with Gasteiger partial charge in [0.05, 0.1) is 6.61 Å². The van der Waals surface area contributed by atoms with Crippen molar-refractivity contribution in [2.75, 3.05) is 6.61 Å². The molecule has 0 amide bonds. The van der Waals surface area contributed by atoms with E-state index in [-0.39, 0.29) is 11.2 Å². The fraction of sp³-hybridized carbons (Fsp3) is 0.750. The molecule has 2 heterocycles. The molecule has 0 aromatic carbocycles. The molecule has 98 valence electrons. The number of carbonyl (C=O) groups excluding carboxylic acids is 1. The summed E-state index contributed by atoms with van der Waals surface area (Å²) in [6, 6.07) is 0.539. The van der Waals surface area contributed by atoms with Crippen molar-refractivity contribution >= 4 is 17.7 Å². The highest BCUT2D eigenvalue weighted by Gasteiger charge is 2.34. The third-order valence-electron chi connectivity index (χ3n) is 3.25. The summed E-state index contributed by atoms with van der Waals surface area (Å²) in [5.41, 5.74) is 0. The molecule has 3 rings (SSSR count). The van der Waals surface area contributed by atoms with Crippen LogP contribution in [-0.2, 0) is 9.53 Å². The summed E-state index contributed by atoms with van der Waals surface area (Å²) in [7, 11) is 0. The van der Waals surface area contributed by atoms with Crippen LogP contribution in [0.2, 0.25) is 0 Å². The number of nitrogens with zero attached hydrogens (tertiary/aromatic N) is 3. The van der Waals surface area contributed by atoms with E-state index in [0.717, 1.165) is 17.4 Å². The third-order valence-corrected chi connectivity index (χ3v) is 4.46. The van der Waals surface area contributed by atoms with E-state index in [1.807, 2.05) is 0 Å². The Labute approximate surface area is 110 Å².